The highest BCUT2D eigenvalue weighted by atomic mass is 16.2. The van der Waals surface area contributed by atoms with Gasteiger partial charge in [-0.3, -0.25) is 14.5 Å². The van der Waals surface area contributed by atoms with Crippen LogP contribution in [0.15, 0.2) is 24.3 Å². The summed E-state index contributed by atoms with van der Waals surface area (Å²) >= 11 is 0. The first-order valence-electron chi connectivity index (χ1n) is 7.18. The van der Waals surface area contributed by atoms with E-state index in [0.29, 0.717) is 24.9 Å². The molecule has 1 aliphatic heterocycles. The van der Waals surface area contributed by atoms with Crippen molar-refractivity contribution in [1.82, 2.24) is 0 Å². The van der Waals surface area contributed by atoms with E-state index in [-0.39, 0.29) is 17.9 Å². The second-order valence-corrected chi connectivity index (χ2v) is 5.58. The maximum Gasteiger partial charge on any atom is 0.240 e. The van der Waals surface area contributed by atoms with E-state index in [1.807, 2.05) is 32.9 Å². The maximum atomic E-state index is 12.6. The van der Waals surface area contributed by atoms with Crippen LogP contribution in [0.4, 0.5) is 5.69 Å². The van der Waals surface area contributed by atoms with Crippen molar-refractivity contribution >= 4 is 17.5 Å². The Hall–Kier alpha value is -1.68. The number of carbonyl (C=O) groups is 2. The van der Waals surface area contributed by atoms with Gasteiger partial charge in [0, 0.05) is 12.5 Å². The summed E-state index contributed by atoms with van der Waals surface area (Å²) in [4.78, 5) is 26.1. The van der Waals surface area contributed by atoms with Crippen molar-refractivity contribution in [1.29, 1.82) is 0 Å². The zero-order valence-electron chi connectivity index (χ0n) is 12.3. The molecule has 2 N–H and O–H groups in total. The number of hydrogen-bond donors (Lipinski definition) is 1. The largest absolute Gasteiger partial charge is 0.324 e. The van der Waals surface area contributed by atoms with Gasteiger partial charge in [-0.25, -0.2) is 0 Å². The van der Waals surface area contributed by atoms with E-state index in [4.69, 9.17) is 5.73 Å². The monoisotopic (exact) mass is 274 g/mol. The van der Waals surface area contributed by atoms with E-state index in [2.05, 4.69) is 0 Å². The Morgan fingerprint density at radius 3 is 2.15 bits per heavy atom. The summed E-state index contributed by atoms with van der Waals surface area (Å²) in [6, 6.07) is 7.29. The lowest BCUT2D eigenvalue weighted by molar-refractivity contribution is -0.126. The highest BCUT2D eigenvalue weighted by Gasteiger charge is 2.49. The van der Waals surface area contributed by atoms with E-state index >= 15 is 0 Å². The topological polar surface area (TPSA) is 63.4 Å². The van der Waals surface area contributed by atoms with E-state index in [0.717, 1.165) is 5.56 Å². The highest BCUT2D eigenvalue weighted by molar-refractivity contribution is 6.22. The number of nitrogens with two attached hydrogens (primary N) is 1. The second kappa shape index (κ2) is 5.37. The summed E-state index contributed by atoms with van der Waals surface area (Å²) in [6.07, 6.45) is 1.71. The fraction of sp³-hybridized carbons (Fsp3) is 0.500. The highest BCUT2D eigenvalue weighted by Crippen LogP contribution is 2.41. The van der Waals surface area contributed by atoms with Gasteiger partial charge in [0.25, 0.3) is 0 Å². The fourth-order valence-corrected chi connectivity index (χ4v) is 2.79. The van der Waals surface area contributed by atoms with Gasteiger partial charge in [0.05, 0.1) is 11.1 Å². The molecule has 0 radical (unpaired) electrons. The molecule has 1 aliphatic rings. The molecule has 0 spiro atoms. The Morgan fingerprint density at radius 2 is 1.75 bits per heavy atom. The summed E-state index contributed by atoms with van der Waals surface area (Å²) in [5, 5.41) is 0. The number of anilines is 1. The average Bonchev–Trinajstić information content (AvgIpc) is 2.70. The van der Waals surface area contributed by atoms with Crippen LogP contribution in [0.2, 0.25) is 0 Å². The second-order valence-electron chi connectivity index (χ2n) is 5.58. The van der Waals surface area contributed by atoms with Crippen molar-refractivity contribution in [2.75, 3.05) is 4.90 Å². The van der Waals surface area contributed by atoms with E-state index in [1.54, 1.807) is 12.1 Å². The first kappa shape index (κ1) is 14.7. The van der Waals surface area contributed by atoms with E-state index < -0.39 is 5.41 Å². The average molecular weight is 274 g/mol. The molecular weight excluding hydrogens is 252 g/mol. The minimum absolute atomic E-state index is 0.0561. The number of rotatable bonds is 4. The van der Waals surface area contributed by atoms with Gasteiger partial charge in [-0.05, 0) is 37.5 Å². The van der Waals surface area contributed by atoms with Crippen LogP contribution in [0.1, 0.15) is 51.6 Å². The number of carbonyl (C=O) groups excluding carboxylic acids is 2. The van der Waals surface area contributed by atoms with Gasteiger partial charge in [0.2, 0.25) is 11.8 Å². The number of amides is 2. The standard InChI is InChI=1S/C16H22N2O2/c1-4-16(5-2)10-14(19)18(15(16)20)13-8-6-12(7-9-13)11(3)17/h6-9,11H,4-5,10,17H2,1-3H3. The maximum absolute atomic E-state index is 12.6. The molecule has 1 saturated heterocycles. The summed E-state index contributed by atoms with van der Waals surface area (Å²) in [7, 11) is 0. The smallest absolute Gasteiger partial charge is 0.240 e. The molecule has 1 heterocycles. The summed E-state index contributed by atoms with van der Waals surface area (Å²) in [5.41, 5.74) is 6.93. The Morgan fingerprint density at radius 1 is 1.20 bits per heavy atom. The van der Waals surface area contributed by atoms with Crippen LogP contribution in [0.5, 0.6) is 0 Å². The van der Waals surface area contributed by atoms with Gasteiger partial charge in [-0.1, -0.05) is 26.0 Å². The molecule has 2 rings (SSSR count). The minimum Gasteiger partial charge on any atom is -0.324 e. The van der Waals surface area contributed by atoms with Crippen molar-refractivity contribution in [3.8, 4) is 0 Å². The van der Waals surface area contributed by atoms with Crippen LogP contribution < -0.4 is 10.6 Å². The van der Waals surface area contributed by atoms with Crippen LogP contribution in [-0.4, -0.2) is 11.8 Å². The van der Waals surface area contributed by atoms with Gasteiger partial charge >= 0.3 is 0 Å². The molecule has 0 aromatic heterocycles. The zero-order chi connectivity index (χ0) is 14.9. The molecule has 1 aromatic carbocycles. The Labute approximate surface area is 119 Å². The fourth-order valence-electron chi connectivity index (χ4n) is 2.79. The summed E-state index contributed by atoms with van der Waals surface area (Å²) < 4.78 is 0. The van der Waals surface area contributed by atoms with Crippen molar-refractivity contribution in [2.45, 2.75) is 46.1 Å². The predicted octanol–water partition coefficient (Wildman–Crippen LogP) is 2.78. The van der Waals surface area contributed by atoms with Crippen molar-refractivity contribution in [2.24, 2.45) is 11.1 Å². The Bertz CT molecular complexity index is 516. The van der Waals surface area contributed by atoms with E-state index in [9.17, 15) is 9.59 Å². The first-order chi connectivity index (χ1) is 9.45. The van der Waals surface area contributed by atoms with Gasteiger partial charge in [0.1, 0.15) is 0 Å². The molecule has 108 valence electrons. The third-order valence-corrected chi connectivity index (χ3v) is 4.43. The van der Waals surface area contributed by atoms with Crippen LogP contribution in [-0.2, 0) is 9.59 Å². The molecule has 1 unspecified atom stereocenters. The Balaban J connectivity index is 2.33. The van der Waals surface area contributed by atoms with Gasteiger partial charge in [-0.15, -0.1) is 0 Å². The molecule has 2 amide bonds. The van der Waals surface area contributed by atoms with Crippen LogP contribution in [0, 0.1) is 5.41 Å². The molecule has 0 aliphatic carbocycles. The lowest BCUT2D eigenvalue weighted by Gasteiger charge is -2.23. The summed E-state index contributed by atoms with van der Waals surface area (Å²) in [6.45, 7) is 5.84. The third-order valence-electron chi connectivity index (χ3n) is 4.43. The molecule has 0 bridgehead atoms. The van der Waals surface area contributed by atoms with Crippen molar-refractivity contribution in [3.05, 3.63) is 29.8 Å². The van der Waals surface area contributed by atoms with Crippen LogP contribution in [0.3, 0.4) is 0 Å². The molecule has 0 saturated carbocycles. The molecule has 4 heteroatoms. The van der Waals surface area contributed by atoms with Crippen molar-refractivity contribution in [3.63, 3.8) is 0 Å². The molecule has 1 fully saturated rings. The number of hydrogen-bond acceptors (Lipinski definition) is 3. The lowest BCUT2D eigenvalue weighted by Crippen LogP contribution is -2.35. The molecule has 1 atom stereocenters. The van der Waals surface area contributed by atoms with Crippen molar-refractivity contribution < 1.29 is 9.59 Å². The number of benzene rings is 1. The molecule has 4 nitrogen and oxygen atoms in total. The minimum atomic E-state index is -0.517. The molecular formula is C16H22N2O2. The van der Waals surface area contributed by atoms with Gasteiger partial charge in [0.15, 0.2) is 0 Å². The number of imide groups is 1. The number of nitrogens with zero attached hydrogens (tertiary/aromatic N) is 1. The lowest BCUT2D eigenvalue weighted by atomic mass is 9.81. The SMILES string of the molecule is CCC1(CC)CC(=O)N(c2ccc(C(C)N)cc2)C1=O. The Kier molecular flexibility index (Phi) is 3.95. The zero-order valence-corrected chi connectivity index (χ0v) is 12.3. The van der Waals surface area contributed by atoms with Crippen LogP contribution >= 0.6 is 0 Å². The van der Waals surface area contributed by atoms with Gasteiger partial charge < -0.3 is 5.73 Å². The summed E-state index contributed by atoms with van der Waals surface area (Å²) in [5.74, 6) is -0.173. The molecule has 1 aromatic rings. The van der Waals surface area contributed by atoms with E-state index in [1.165, 1.54) is 4.90 Å². The first-order valence-corrected chi connectivity index (χ1v) is 7.18. The van der Waals surface area contributed by atoms with Gasteiger partial charge in [-0.2, -0.15) is 0 Å². The third kappa shape index (κ3) is 2.24. The molecule has 20 heavy (non-hydrogen) atoms. The quantitative estimate of drug-likeness (QED) is 0.859. The normalized spacial score (nSPS) is 19.5. The van der Waals surface area contributed by atoms with Crippen LogP contribution in [0.25, 0.3) is 0 Å². The predicted molar refractivity (Wildman–Crippen MR) is 79.2 cm³/mol.